The van der Waals surface area contributed by atoms with E-state index in [1.165, 1.54) is 35.3 Å². The molecule has 4 N–H and O–H groups in total. The highest BCUT2D eigenvalue weighted by molar-refractivity contribution is 5.86. The summed E-state index contributed by atoms with van der Waals surface area (Å²) in [5, 5.41) is 4.52. The fourth-order valence-corrected chi connectivity index (χ4v) is 4.20. The molecule has 4 rings (SSSR count). The molecule has 0 saturated carbocycles. The van der Waals surface area contributed by atoms with Gasteiger partial charge in [0.2, 0.25) is 11.8 Å². The quantitative estimate of drug-likeness (QED) is 0.193. The van der Waals surface area contributed by atoms with Crippen molar-refractivity contribution in [2.75, 3.05) is 6.54 Å². The normalized spacial score (nSPS) is 12.5. The van der Waals surface area contributed by atoms with Gasteiger partial charge in [-0.15, -0.1) is 0 Å². The number of nitrogens with zero attached hydrogens (tertiary/aromatic N) is 3. The van der Waals surface area contributed by atoms with Crippen molar-refractivity contribution in [1.29, 1.82) is 0 Å². The number of ether oxygens (including phenoxy) is 1. The van der Waals surface area contributed by atoms with E-state index in [1.54, 1.807) is 63.5 Å². The molecule has 9 nitrogen and oxygen atoms in total. The Labute approximate surface area is 249 Å². The summed E-state index contributed by atoms with van der Waals surface area (Å²) in [7, 11) is 0. The number of benzene rings is 3. The van der Waals surface area contributed by atoms with Gasteiger partial charge in [-0.1, -0.05) is 50.2 Å². The highest BCUT2D eigenvalue weighted by atomic mass is 19.1. The summed E-state index contributed by atoms with van der Waals surface area (Å²) in [5.41, 5.74) is 9.84. The minimum absolute atomic E-state index is 0.0813. The average molecular weight is 589 g/mol. The molecule has 3 aromatic carbocycles. The Bertz CT molecular complexity index is 1540. The van der Waals surface area contributed by atoms with Crippen molar-refractivity contribution in [1.82, 2.24) is 25.7 Å². The number of carbonyl (C=O) groups is 2. The Kier molecular flexibility index (Phi) is 10.1. The van der Waals surface area contributed by atoms with Crippen LogP contribution in [0.4, 0.5) is 8.78 Å². The zero-order chi connectivity index (χ0) is 31.0. The maximum Gasteiger partial charge on any atom is 0.321 e. The van der Waals surface area contributed by atoms with E-state index in [1.807, 2.05) is 12.1 Å². The molecule has 0 aliphatic heterocycles. The number of hydrogen-bond donors (Lipinski definition) is 3. The minimum Gasteiger partial charge on any atom is -0.424 e. The topological polar surface area (TPSA) is 122 Å². The fourth-order valence-electron chi connectivity index (χ4n) is 4.20. The number of hydrogen-bond acceptors (Lipinski definition) is 7. The molecule has 0 radical (unpaired) electrons. The van der Waals surface area contributed by atoms with Gasteiger partial charge in [-0.05, 0) is 60.0 Å². The molecule has 0 saturated heterocycles. The van der Waals surface area contributed by atoms with Gasteiger partial charge in [-0.3, -0.25) is 19.9 Å². The summed E-state index contributed by atoms with van der Waals surface area (Å²) in [5.74, 6) is -1.63. The van der Waals surface area contributed by atoms with Crippen molar-refractivity contribution < 1.29 is 23.1 Å². The summed E-state index contributed by atoms with van der Waals surface area (Å²) in [6.45, 7) is 5.42. The van der Waals surface area contributed by atoms with Crippen LogP contribution in [-0.4, -0.2) is 38.9 Å². The largest absolute Gasteiger partial charge is 0.424 e. The predicted molar refractivity (Wildman–Crippen MR) is 158 cm³/mol. The first-order valence-electron chi connectivity index (χ1n) is 13.7. The second-order valence-electron chi connectivity index (χ2n) is 10.6. The number of nitrogens with one attached hydrogen (secondary N) is 2. The molecule has 0 bridgehead atoms. The van der Waals surface area contributed by atoms with Crippen LogP contribution in [0, 0.1) is 17.6 Å². The molecule has 43 heavy (non-hydrogen) atoms. The molecule has 4 aromatic rings. The molecule has 0 fully saturated rings. The first-order chi connectivity index (χ1) is 20.5. The third kappa shape index (κ3) is 8.40. The van der Waals surface area contributed by atoms with Crippen molar-refractivity contribution in [2.45, 2.75) is 39.4 Å². The van der Waals surface area contributed by atoms with Gasteiger partial charge in [0.15, 0.2) is 0 Å². The Morgan fingerprint density at radius 2 is 1.60 bits per heavy atom. The van der Waals surface area contributed by atoms with Crippen LogP contribution < -0.4 is 21.2 Å². The summed E-state index contributed by atoms with van der Waals surface area (Å²) in [4.78, 5) is 33.8. The van der Waals surface area contributed by atoms with E-state index in [2.05, 4.69) is 20.7 Å². The Morgan fingerprint density at radius 1 is 0.953 bits per heavy atom. The van der Waals surface area contributed by atoms with Gasteiger partial charge in [0.05, 0.1) is 6.54 Å². The lowest BCUT2D eigenvalue weighted by Crippen LogP contribution is -2.62. The number of hydrazine groups is 1. The summed E-state index contributed by atoms with van der Waals surface area (Å²) >= 11 is 0. The molecule has 11 heteroatoms. The lowest BCUT2D eigenvalue weighted by molar-refractivity contribution is -0.140. The molecule has 224 valence electrons. The molecule has 0 aliphatic carbocycles. The second-order valence-corrected chi connectivity index (χ2v) is 10.6. The smallest absolute Gasteiger partial charge is 0.321 e. The molecule has 1 heterocycles. The number of carbonyl (C=O) groups excluding carboxylic acids is 2. The van der Waals surface area contributed by atoms with E-state index in [-0.39, 0.29) is 37.5 Å². The van der Waals surface area contributed by atoms with Crippen molar-refractivity contribution in [2.24, 2.45) is 11.7 Å². The molecule has 1 aromatic heterocycles. The monoisotopic (exact) mass is 588 g/mol. The van der Waals surface area contributed by atoms with Crippen LogP contribution in [-0.2, 0) is 22.7 Å². The van der Waals surface area contributed by atoms with E-state index in [9.17, 15) is 18.4 Å². The summed E-state index contributed by atoms with van der Waals surface area (Å²) in [6, 6.07) is 19.3. The summed E-state index contributed by atoms with van der Waals surface area (Å²) < 4.78 is 33.8. The molecule has 1 unspecified atom stereocenters. The maximum absolute atomic E-state index is 14.9. The number of nitrogens with two attached hydrogens (primary N) is 1. The van der Waals surface area contributed by atoms with Gasteiger partial charge in [0.1, 0.15) is 22.9 Å². The van der Waals surface area contributed by atoms with Gasteiger partial charge in [0, 0.05) is 37.0 Å². The van der Waals surface area contributed by atoms with Crippen molar-refractivity contribution >= 4 is 11.8 Å². The zero-order valence-electron chi connectivity index (χ0n) is 24.2. The molecular formula is C32H34F2N6O3. The van der Waals surface area contributed by atoms with Crippen LogP contribution in [0.25, 0.3) is 11.1 Å². The number of halogens is 2. The van der Waals surface area contributed by atoms with Gasteiger partial charge >= 0.3 is 6.01 Å². The first-order valence-corrected chi connectivity index (χ1v) is 13.7. The fraction of sp³-hybridized carbons (Fsp3) is 0.250. The average Bonchev–Trinajstić information content (AvgIpc) is 2.99. The SMILES string of the molecule is CC(C)C(=O)N(CC(C)(NCc1ccc(Oc2ncccn2)cc1)C(N)=O)NCc1ccc(-c2ccc(F)cc2)c(F)c1. The van der Waals surface area contributed by atoms with E-state index in [4.69, 9.17) is 10.5 Å². The Hall–Kier alpha value is -4.74. The number of amides is 2. The lowest BCUT2D eigenvalue weighted by atomic mass is 9.99. The second kappa shape index (κ2) is 14.0. The molecule has 0 spiro atoms. The molecule has 0 aliphatic rings. The number of rotatable bonds is 13. The maximum atomic E-state index is 14.9. The highest BCUT2D eigenvalue weighted by Gasteiger charge is 2.35. The van der Waals surface area contributed by atoms with Crippen LogP contribution in [0.15, 0.2) is 85.2 Å². The Morgan fingerprint density at radius 3 is 2.21 bits per heavy atom. The minimum atomic E-state index is -1.30. The third-order valence-electron chi connectivity index (χ3n) is 6.80. The van der Waals surface area contributed by atoms with E-state index >= 15 is 0 Å². The van der Waals surface area contributed by atoms with Crippen molar-refractivity contribution in [3.8, 4) is 22.9 Å². The van der Waals surface area contributed by atoms with Gasteiger partial charge in [-0.2, -0.15) is 0 Å². The van der Waals surface area contributed by atoms with Gasteiger partial charge < -0.3 is 10.5 Å². The third-order valence-corrected chi connectivity index (χ3v) is 6.80. The highest BCUT2D eigenvalue weighted by Crippen LogP contribution is 2.24. The standard InChI is InChI=1S/C32H34F2N6O3/c1-21(2)29(41)40(39-19-23-7-14-27(28(34)17-23)24-8-10-25(33)11-9-24)20-32(3,30(35)42)38-18-22-5-12-26(13-6-22)43-31-36-15-4-16-37-31/h4-17,21,38-39H,18-20H2,1-3H3,(H2,35,42). The van der Waals surface area contributed by atoms with Crippen LogP contribution in [0.1, 0.15) is 31.9 Å². The zero-order valence-corrected chi connectivity index (χ0v) is 24.2. The van der Waals surface area contributed by atoms with E-state index in [0.717, 1.165) is 5.56 Å². The number of primary amides is 1. The first kappa shape index (κ1) is 31.2. The van der Waals surface area contributed by atoms with Gasteiger partial charge in [0.25, 0.3) is 0 Å². The van der Waals surface area contributed by atoms with Crippen LogP contribution in [0.5, 0.6) is 11.8 Å². The molecular weight excluding hydrogens is 554 g/mol. The van der Waals surface area contributed by atoms with Crippen LogP contribution >= 0.6 is 0 Å². The lowest BCUT2D eigenvalue weighted by Gasteiger charge is -2.35. The number of aromatic nitrogens is 2. The van der Waals surface area contributed by atoms with Gasteiger partial charge in [-0.25, -0.2) is 24.2 Å². The Balaban J connectivity index is 1.42. The van der Waals surface area contributed by atoms with Crippen LogP contribution in [0.3, 0.4) is 0 Å². The predicted octanol–water partition coefficient (Wildman–Crippen LogP) is 4.74. The van der Waals surface area contributed by atoms with E-state index in [0.29, 0.717) is 22.4 Å². The van der Waals surface area contributed by atoms with E-state index < -0.39 is 23.1 Å². The summed E-state index contributed by atoms with van der Waals surface area (Å²) in [6.07, 6.45) is 3.16. The van der Waals surface area contributed by atoms with Crippen LogP contribution in [0.2, 0.25) is 0 Å². The molecule has 1 atom stereocenters. The van der Waals surface area contributed by atoms with Crippen molar-refractivity contribution in [3.63, 3.8) is 0 Å². The van der Waals surface area contributed by atoms with Crippen molar-refractivity contribution in [3.05, 3.63) is 108 Å². The molecule has 2 amide bonds.